The van der Waals surface area contributed by atoms with Gasteiger partial charge in [0.25, 0.3) is 5.56 Å². The van der Waals surface area contributed by atoms with Crippen LogP contribution >= 0.6 is 11.6 Å². The van der Waals surface area contributed by atoms with Crippen LogP contribution in [-0.4, -0.2) is 15.6 Å². The van der Waals surface area contributed by atoms with Crippen molar-refractivity contribution in [2.45, 2.75) is 31.3 Å². The lowest BCUT2D eigenvalue weighted by Crippen LogP contribution is -2.26. The summed E-state index contributed by atoms with van der Waals surface area (Å²) in [6, 6.07) is 10.0. The van der Waals surface area contributed by atoms with Gasteiger partial charge < -0.3 is 15.0 Å². The third-order valence-corrected chi connectivity index (χ3v) is 4.30. The van der Waals surface area contributed by atoms with Crippen LogP contribution in [-0.2, 0) is 11.3 Å². The van der Waals surface area contributed by atoms with Crippen molar-refractivity contribution in [3.63, 3.8) is 0 Å². The maximum Gasteiger partial charge on any atom is 0.323 e. The number of carboxylic acids is 1. The van der Waals surface area contributed by atoms with E-state index in [-0.39, 0.29) is 5.69 Å². The molecule has 0 saturated heterocycles. The number of aliphatic carboxylic acids is 1. The molecule has 2 aromatic rings. The van der Waals surface area contributed by atoms with Crippen molar-refractivity contribution in [3.05, 3.63) is 63.0 Å². The van der Waals surface area contributed by atoms with Crippen molar-refractivity contribution in [2.75, 3.05) is 5.32 Å². The molecule has 1 aromatic heterocycles. The zero-order valence-electron chi connectivity index (χ0n) is 13.3. The minimum Gasteiger partial charge on any atom is -0.480 e. The number of halogens is 1. The quantitative estimate of drug-likeness (QED) is 0.828. The minimum atomic E-state index is -1.11. The van der Waals surface area contributed by atoms with Gasteiger partial charge in [-0.25, -0.2) is 0 Å². The van der Waals surface area contributed by atoms with E-state index >= 15 is 0 Å². The molecule has 3 rings (SSSR count). The third-order valence-electron chi connectivity index (χ3n) is 4.08. The normalized spacial score (nSPS) is 14.6. The van der Waals surface area contributed by atoms with Crippen LogP contribution in [0, 0.1) is 11.3 Å². The maximum atomic E-state index is 12.3. The van der Waals surface area contributed by atoms with Crippen molar-refractivity contribution < 1.29 is 9.90 Å². The summed E-state index contributed by atoms with van der Waals surface area (Å²) < 4.78 is 1.08. The Hall–Kier alpha value is -2.78. The first-order valence-electron chi connectivity index (χ1n) is 7.85. The second kappa shape index (κ2) is 6.99. The summed E-state index contributed by atoms with van der Waals surface area (Å²) in [5.74, 6) is -0.624. The number of benzene rings is 1. The van der Waals surface area contributed by atoms with Crippen LogP contribution in [0.2, 0.25) is 5.02 Å². The second-order valence-electron chi connectivity index (χ2n) is 6.05. The Kier molecular flexibility index (Phi) is 4.77. The summed E-state index contributed by atoms with van der Waals surface area (Å²) in [6.07, 6.45) is 3.62. The smallest absolute Gasteiger partial charge is 0.323 e. The standard InChI is InChI=1S/C18H16ClN3O3/c19-14-7-12(11-3-4-11)6-13(8-14)16(9-20)21-15-2-1-5-22(18(15)25)10-17(23)24/h1-2,5-8,11,16,21H,3-4,10H2,(H,23,24)/t16-/m0/s1. The van der Waals surface area contributed by atoms with Crippen molar-refractivity contribution in [1.82, 2.24) is 4.57 Å². The molecule has 1 aliphatic carbocycles. The van der Waals surface area contributed by atoms with E-state index in [0.717, 1.165) is 23.0 Å². The Morgan fingerprint density at radius 2 is 2.20 bits per heavy atom. The molecular formula is C18H16ClN3O3. The summed E-state index contributed by atoms with van der Waals surface area (Å²) in [6.45, 7) is -0.436. The molecule has 1 aliphatic rings. The first-order valence-corrected chi connectivity index (χ1v) is 8.23. The highest BCUT2D eigenvalue weighted by molar-refractivity contribution is 6.30. The highest BCUT2D eigenvalue weighted by Gasteiger charge is 2.25. The van der Waals surface area contributed by atoms with Gasteiger partial charge in [0.1, 0.15) is 18.3 Å². The van der Waals surface area contributed by atoms with Gasteiger partial charge in [0.2, 0.25) is 0 Å². The number of nitrogens with one attached hydrogen (secondary N) is 1. The lowest BCUT2D eigenvalue weighted by Gasteiger charge is -2.15. The van der Waals surface area contributed by atoms with E-state index in [2.05, 4.69) is 11.4 Å². The van der Waals surface area contributed by atoms with Gasteiger partial charge in [-0.15, -0.1) is 0 Å². The number of carbonyl (C=O) groups is 1. The summed E-state index contributed by atoms with van der Waals surface area (Å²) in [4.78, 5) is 23.2. The average Bonchev–Trinajstić information content (AvgIpc) is 3.39. The highest BCUT2D eigenvalue weighted by Crippen LogP contribution is 2.41. The monoisotopic (exact) mass is 357 g/mol. The molecule has 25 heavy (non-hydrogen) atoms. The maximum absolute atomic E-state index is 12.3. The molecule has 6 nitrogen and oxygen atoms in total. The van der Waals surface area contributed by atoms with E-state index in [4.69, 9.17) is 16.7 Å². The molecule has 1 fully saturated rings. The number of aromatic nitrogens is 1. The van der Waals surface area contributed by atoms with Crippen LogP contribution in [0.5, 0.6) is 0 Å². The summed E-state index contributed by atoms with van der Waals surface area (Å²) in [5, 5.41) is 21.8. The SMILES string of the molecule is N#C[C@H](Nc1cccn(CC(=O)O)c1=O)c1cc(Cl)cc(C2CC2)c1. The fourth-order valence-corrected chi connectivity index (χ4v) is 2.97. The molecule has 0 radical (unpaired) electrons. The number of hydrogen-bond acceptors (Lipinski definition) is 4. The molecule has 0 bridgehead atoms. The summed E-state index contributed by atoms with van der Waals surface area (Å²) in [7, 11) is 0. The fourth-order valence-electron chi connectivity index (χ4n) is 2.72. The van der Waals surface area contributed by atoms with Gasteiger partial charge in [-0.05, 0) is 54.2 Å². The molecular weight excluding hydrogens is 342 g/mol. The molecule has 0 spiro atoms. The van der Waals surface area contributed by atoms with Crippen LogP contribution in [0.25, 0.3) is 0 Å². The molecule has 1 saturated carbocycles. The number of nitriles is 1. The number of hydrogen-bond donors (Lipinski definition) is 2. The predicted molar refractivity (Wildman–Crippen MR) is 93.7 cm³/mol. The van der Waals surface area contributed by atoms with E-state index in [9.17, 15) is 14.9 Å². The van der Waals surface area contributed by atoms with Crippen molar-refractivity contribution in [1.29, 1.82) is 5.26 Å². The van der Waals surface area contributed by atoms with Gasteiger partial charge in [-0.1, -0.05) is 17.7 Å². The second-order valence-corrected chi connectivity index (χ2v) is 6.48. The molecule has 7 heteroatoms. The predicted octanol–water partition coefficient (Wildman–Crippen LogP) is 3.14. The highest BCUT2D eigenvalue weighted by atomic mass is 35.5. The Bertz CT molecular complexity index is 913. The number of nitrogens with zero attached hydrogens (tertiary/aromatic N) is 2. The zero-order valence-corrected chi connectivity index (χ0v) is 14.0. The summed E-state index contributed by atoms with van der Waals surface area (Å²) in [5.41, 5.74) is 1.46. The molecule has 1 atom stereocenters. The van der Waals surface area contributed by atoms with Crippen LogP contribution in [0.4, 0.5) is 5.69 Å². The lowest BCUT2D eigenvalue weighted by atomic mass is 10.0. The number of rotatable bonds is 6. The molecule has 0 aliphatic heterocycles. The Balaban J connectivity index is 1.90. The van der Waals surface area contributed by atoms with Gasteiger partial charge in [0.15, 0.2) is 0 Å². The minimum absolute atomic E-state index is 0.170. The molecule has 0 amide bonds. The van der Waals surface area contributed by atoms with Gasteiger partial charge in [0, 0.05) is 11.2 Å². The zero-order chi connectivity index (χ0) is 18.0. The molecule has 2 N–H and O–H groups in total. The fraction of sp³-hybridized carbons (Fsp3) is 0.278. The van der Waals surface area contributed by atoms with E-state index in [1.807, 2.05) is 12.1 Å². The van der Waals surface area contributed by atoms with Gasteiger partial charge in [0.05, 0.1) is 6.07 Å². The van der Waals surface area contributed by atoms with Crippen LogP contribution in [0.15, 0.2) is 41.3 Å². The lowest BCUT2D eigenvalue weighted by molar-refractivity contribution is -0.137. The Labute approximate surface area is 149 Å². The summed E-state index contributed by atoms with van der Waals surface area (Å²) >= 11 is 6.17. The average molecular weight is 358 g/mol. The van der Waals surface area contributed by atoms with Crippen LogP contribution in [0.1, 0.15) is 35.9 Å². The first kappa shape index (κ1) is 17.1. The number of carboxylic acid groups (broad SMARTS) is 1. The van der Waals surface area contributed by atoms with Gasteiger partial charge >= 0.3 is 5.97 Å². The van der Waals surface area contributed by atoms with E-state index in [0.29, 0.717) is 16.5 Å². The van der Waals surface area contributed by atoms with Crippen molar-refractivity contribution >= 4 is 23.3 Å². The van der Waals surface area contributed by atoms with Crippen LogP contribution < -0.4 is 10.9 Å². The molecule has 128 valence electrons. The van der Waals surface area contributed by atoms with Gasteiger partial charge in [-0.2, -0.15) is 5.26 Å². The van der Waals surface area contributed by atoms with Crippen molar-refractivity contribution in [3.8, 4) is 6.07 Å². The molecule has 1 heterocycles. The topological polar surface area (TPSA) is 95.1 Å². The van der Waals surface area contributed by atoms with E-state index < -0.39 is 24.1 Å². The van der Waals surface area contributed by atoms with E-state index in [1.165, 1.54) is 12.3 Å². The first-order chi connectivity index (χ1) is 12.0. The largest absolute Gasteiger partial charge is 0.480 e. The molecule has 1 aromatic carbocycles. The van der Waals surface area contributed by atoms with E-state index in [1.54, 1.807) is 12.1 Å². The number of anilines is 1. The van der Waals surface area contributed by atoms with Crippen molar-refractivity contribution in [2.24, 2.45) is 0 Å². The molecule has 0 unspecified atom stereocenters. The number of pyridine rings is 1. The Morgan fingerprint density at radius 1 is 1.44 bits per heavy atom. The Morgan fingerprint density at radius 3 is 2.84 bits per heavy atom. The third kappa shape index (κ3) is 4.01. The van der Waals surface area contributed by atoms with Gasteiger partial charge in [-0.3, -0.25) is 9.59 Å². The van der Waals surface area contributed by atoms with Crippen LogP contribution in [0.3, 0.4) is 0 Å².